The molecule has 0 spiro atoms. The van der Waals surface area contributed by atoms with Crippen molar-refractivity contribution < 1.29 is 0 Å². The molecule has 80 valence electrons. The molecule has 0 aromatic rings. The first kappa shape index (κ1) is 11.6. The van der Waals surface area contributed by atoms with Gasteiger partial charge in [-0.15, -0.1) is 11.8 Å². The van der Waals surface area contributed by atoms with Gasteiger partial charge in [0, 0.05) is 12.5 Å². The highest BCUT2D eigenvalue weighted by Gasteiger charge is 2.37. The molecule has 0 amide bonds. The zero-order chi connectivity index (χ0) is 10.4. The molecule has 0 saturated heterocycles. The van der Waals surface area contributed by atoms with Crippen LogP contribution in [0, 0.1) is 17.3 Å². The molecule has 0 aliphatic heterocycles. The Morgan fingerprint density at radius 1 is 1.36 bits per heavy atom. The number of nitrogens with two attached hydrogens (primary N) is 1. The van der Waals surface area contributed by atoms with Crippen molar-refractivity contribution in [1.29, 1.82) is 0 Å². The first-order valence-electron chi connectivity index (χ1n) is 5.90. The Kier molecular flexibility index (Phi) is 4.48. The second-order valence-corrected chi connectivity index (χ2v) is 4.49. The van der Waals surface area contributed by atoms with E-state index in [1.54, 1.807) is 0 Å². The van der Waals surface area contributed by atoms with Crippen LogP contribution in [-0.2, 0) is 0 Å². The molecule has 1 heteroatoms. The van der Waals surface area contributed by atoms with E-state index in [1.807, 2.05) is 6.92 Å². The van der Waals surface area contributed by atoms with Crippen LogP contribution in [0.2, 0.25) is 0 Å². The molecule has 1 atom stereocenters. The van der Waals surface area contributed by atoms with E-state index in [-0.39, 0.29) is 0 Å². The first-order valence-corrected chi connectivity index (χ1v) is 5.90. The predicted octanol–water partition coefficient (Wildman–Crippen LogP) is 3.09. The first-order chi connectivity index (χ1) is 6.75. The minimum absolute atomic E-state index is 0.371. The largest absolute Gasteiger partial charge is 0.327 e. The van der Waals surface area contributed by atoms with E-state index in [0.717, 1.165) is 12.8 Å². The van der Waals surface area contributed by atoms with Crippen LogP contribution in [0.4, 0.5) is 0 Å². The molecule has 0 bridgehead atoms. The van der Waals surface area contributed by atoms with Crippen molar-refractivity contribution in [3.8, 4) is 11.8 Å². The zero-order valence-electron chi connectivity index (χ0n) is 9.60. The van der Waals surface area contributed by atoms with Crippen molar-refractivity contribution in [3.63, 3.8) is 0 Å². The van der Waals surface area contributed by atoms with Crippen LogP contribution in [0.3, 0.4) is 0 Å². The van der Waals surface area contributed by atoms with Gasteiger partial charge in [-0.1, -0.05) is 19.8 Å². The second kappa shape index (κ2) is 5.41. The summed E-state index contributed by atoms with van der Waals surface area (Å²) in [7, 11) is 0. The molecule has 1 rings (SSSR count). The molecule has 1 fully saturated rings. The molecule has 1 nitrogen and oxygen atoms in total. The summed E-state index contributed by atoms with van der Waals surface area (Å²) >= 11 is 0. The van der Waals surface area contributed by atoms with Crippen LogP contribution in [0.15, 0.2) is 0 Å². The number of hydrogen-bond acceptors (Lipinski definition) is 1. The normalized spacial score (nSPS) is 21.4. The van der Waals surface area contributed by atoms with Crippen molar-refractivity contribution in [2.45, 2.75) is 64.8 Å². The van der Waals surface area contributed by atoms with Gasteiger partial charge in [0.2, 0.25) is 0 Å². The van der Waals surface area contributed by atoms with Crippen LogP contribution in [0.1, 0.15) is 58.8 Å². The summed E-state index contributed by atoms with van der Waals surface area (Å²) in [6, 6.07) is 0.371. The Balaban J connectivity index is 2.45. The molecule has 1 aliphatic carbocycles. The van der Waals surface area contributed by atoms with Gasteiger partial charge in [-0.2, -0.15) is 0 Å². The van der Waals surface area contributed by atoms with E-state index in [1.165, 1.54) is 32.1 Å². The maximum Gasteiger partial charge on any atom is 0.0104 e. The SMILES string of the molecule is CC#CCCC(N)C1(CC)CCCC1. The van der Waals surface area contributed by atoms with Gasteiger partial charge < -0.3 is 5.73 Å². The lowest BCUT2D eigenvalue weighted by Gasteiger charge is -2.34. The average Bonchev–Trinajstić information content (AvgIpc) is 2.67. The Morgan fingerprint density at radius 2 is 2.00 bits per heavy atom. The average molecular weight is 193 g/mol. The fraction of sp³-hybridized carbons (Fsp3) is 0.846. The molecule has 1 unspecified atom stereocenters. The zero-order valence-corrected chi connectivity index (χ0v) is 9.60. The molecule has 0 radical (unpaired) electrons. The maximum absolute atomic E-state index is 6.30. The third-order valence-electron chi connectivity index (χ3n) is 3.85. The van der Waals surface area contributed by atoms with E-state index in [0.29, 0.717) is 11.5 Å². The van der Waals surface area contributed by atoms with Crippen LogP contribution < -0.4 is 5.73 Å². The summed E-state index contributed by atoms with van der Waals surface area (Å²) in [5, 5.41) is 0. The highest BCUT2D eigenvalue weighted by molar-refractivity contribution is 4.98. The van der Waals surface area contributed by atoms with Gasteiger partial charge in [0.05, 0.1) is 0 Å². The maximum atomic E-state index is 6.30. The van der Waals surface area contributed by atoms with E-state index >= 15 is 0 Å². The lowest BCUT2D eigenvalue weighted by molar-refractivity contribution is 0.212. The monoisotopic (exact) mass is 193 g/mol. The molecule has 2 N–H and O–H groups in total. The molecular weight excluding hydrogens is 170 g/mol. The molecule has 0 aromatic carbocycles. The molecular formula is C13H23N. The standard InChI is InChI=1S/C13H23N/c1-3-5-6-9-12(14)13(4-2)10-7-8-11-13/h12H,4,6-11,14H2,1-2H3. The van der Waals surface area contributed by atoms with Crippen LogP contribution in [0.5, 0.6) is 0 Å². The summed E-state index contributed by atoms with van der Waals surface area (Å²) < 4.78 is 0. The summed E-state index contributed by atoms with van der Waals surface area (Å²) in [6.07, 6.45) is 8.72. The summed E-state index contributed by atoms with van der Waals surface area (Å²) in [5.41, 5.74) is 6.75. The predicted molar refractivity (Wildman–Crippen MR) is 61.9 cm³/mol. The molecule has 0 heterocycles. The third kappa shape index (κ3) is 2.51. The van der Waals surface area contributed by atoms with E-state index in [2.05, 4.69) is 18.8 Å². The van der Waals surface area contributed by atoms with Crippen molar-refractivity contribution in [2.75, 3.05) is 0 Å². The highest BCUT2D eigenvalue weighted by Crippen LogP contribution is 2.44. The Hall–Kier alpha value is -0.480. The van der Waals surface area contributed by atoms with Gasteiger partial charge in [0.25, 0.3) is 0 Å². The van der Waals surface area contributed by atoms with Crippen molar-refractivity contribution in [1.82, 2.24) is 0 Å². The van der Waals surface area contributed by atoms with Crippen LogP contribution in [-0.4, -0.2) is 6.04 Å². The fourth-order valence-electron chi connectivity index (χ4n) is 2.72. The second-order valence-electron chi connectivity index (χ2n) is 4.49. The Bertz CT molecular complexity index is 215. The highest BCUT2D eigenvalue weighted by atomic mass is 14.7. The van der Waals surface area contributed by atoms with E-state index in [9.17, 15) is 0 Å². The molecule has 1 aliphatic rings. The number of hydrogen-bond donors (Lipinski definition) is 1. The van der Waals surface area contributed by atoms with Gasteiger partial charge in [-0.25, -0.2) is 0 Å². The van der Waals surface area contributed by atoms with E-state index in [4.69, 9.17) is 5.73 Å². The van der Waals surface area contributed by atoms with Crippen LogP contribution >= 0.6 is 0 Å². The lowest BCUT2D eigenvalue weighted by atomic mass is 9.75. The van der Waals surface area contributed by atoms with Gasteiger partial charge >= 0.3 is 0 Å². The Labute approximate surface area is 88.5 Å². The number of rotatable bonds is 4. The molecule has 14 heavy (non-hydrogen) atoms. The minimum Gasteiger partial charge on any atom is -0.327 e. The van der Waals surface area contributed by atoms with Crippen LogP contribution in [0.25, 0.3) is 0 Å². The Morgan fingerprint density at radius 3 is 2.50 bits per heavy atom. The lowest BCUT2D eigenvalue weighted by Crippen LogP contribution is -2.39. The van der Waals surface area contributed by atoms with Gasteiger partial charge in [-0.05, 0) is 38.0 Å². The van der Waals surface area contributed by atoms with Gasteiger partial charge in [0.1, 0.15) is 0 Å². The summed E-state index contributed by atoms with van der Waals surface area (Å²) in [5.74, 6) is 6.05. The molecule has 1 saturated carbocycles. The topological polar surface area (TPSA) is 26.0 Å². The van der Waals surface area contributed by atoms with Crippen molar-refractivity contribution >= 4 is 0 Å². The summed E-state index contributed by atoms with van der Waals surface area (Å²) in [6.45, 7) is 4.19. The van der Waals surface area contributed by atoms with Gasteiger partial charge in [0.15, 0.2) is 0 Å². The van der Waals surface area contributed by atoms with Crippen molar-refractivity contribution in [2.24, 2.45) is 11.1 Å². The molecule has 0 aromatic heterocycles. The van der Waals surface area contributed by atoms with Gasteiger partial charge in [-0.3, -0.25) is 0 Å². The summed E-state index contributed by atoms with van der Waals surface area (Å²) in [4.78, 5) is 0. The quantitative estimate of drug-likeness (QED) is 0.682. The fourth-order valence-corrected chi connectivity index (χ4v) is 2.72. The third-order valence-corrected chi connectivity index (χ3v) is 3.85. The van der Waals surface area contributed by atoms with E-state index < -0.39 is 0 Å². The smallest absolute Gasteiger partial charge is 0.0104 e. The minimum atomic E-state index is 0.371. The van der Waals surface area contributed by atoms with Crippen molar-refractivity contribution in [3.05, 3.63) is 0 Å².